The summed E-state index contributed by atoms with van der Waals surface area (Å²) in [6.45, 7) is 3.05. The first kappa shape index (κ1) is 22.8. The van der Waals surface area contributed by atoms with Crippen LogP contribution in [0.3, 0.4) is 0 Å². The summed E-state index contributed by atoms with van der Waals surface area (Å²) in [7, 11) is 0. The third-order valence-electron chi connectivity index (χ3n) is 5.15. The van der Waals surface area contributed by atoms with E-state index in [2.05, 4.69) is 41.7 Å². The number of carbonyl (C=O) groups is 1. The van der Waals surface area contributed by atoms with Gasteiger partial charge in [-0.05, 0) is 72.1 Å². The Labute approximate surface area is 199 Å². The summed E-state index contributed by atoms with van der Waals surface area (Å²) in [6, 6.07) is 32.7. The molecule has 0 aliphatic carbocycles. The molecule has 0 fully saturated rings. The third kappa shape index (κ3) is 6.81. The van der Waals surface area contributed by atoms with E-state index in [1.165, 1.54) is 5.56 Å². The number of ether oxygens (including phenoxy) is 2. The second-order valence-corrected chi connectivity index (χ2v) is 7.84. The van der Waals surface area contributed by atoms with Gasteiger partial charge in [0.25, 0.3) is 5.91 Å². The van der Waals surface area contributed by atoms with Crippen LogP contribution >= 0.6 is 0 Å². The van der Waals surface area contributed by atoms with Gasteiger partial charge in [0.2, 0.25) is 0 Å². The van der Waals surface area contributed by atoms with Gasteiger partial charge in [0, 0.05) is 5.56 Å². The Morgan fingerprint density at radius 3 is 1.91 bits per heavy atom. The molecule has 5 nitrogen and oxygen atoms in total. The van der Waals surface area contributed by atoms with Gasteiger partial charge in [-0.1, -0.05) is 60.2 Å². The maximum Gasteiger partial charge on any atom is 0.271 e. The van der Waals surface area contributed by atoms with E-state index in [0.717, 1.165) is 22.4 Å². The molecule has 0 spiro atoms. The number of hydrazone groups is 1. The van der Waals surface area contributed by atoms with Crippen LogP contribution in [0.5, 0.6) is 11.5 Å². The summed E-state index contributed by atoms with van der Waals surface area (Å²) >= 11 is 0. The molecule has 4 aromatic carbocycles. The SMILES string of the molecule is Cc1ccc(COc2ccc(/C=N\NC(=O)c3ccc(OCc4ccccc4)cc3)cc2)cc1. The quantitative estimate of drug-likeness (QED) is 0.254. The number of carbonyl (C=O) groups excluding carboxylic acids is 1. The van der Waals surface area contributed by atoms with Crippen molar-refractivity contribution in [1.29, 1.82) is 0 Å². The van der Waals surface area contributed by atoms with Crippen molar-refractivity contribution in [3.05, 3.63) is 131 Å². The topological polar surface area (TPSA) is 59.9 Å². The highest BCUT2D eigenvalue weighted by Crippen LogP contribution is 2.15. The zero-order chi connectivity index (χ0) is 23.6. The Morgan fingerprint density at radius 1 is 0.735 bits per heavy atom. The summed E-state index contributed by atoms with van der Waals surface area (Å²) in [5.74, 6) is 1.19. The summed E-state index contributed by atoms with van der Waals surface area (Å²) in [5.41, 5.74) is 7.34. The van der Waals surface area contributed by atoms with Crippen molar-refractivity contribution in [2.24, 2.45) is 5.10 Å². The van der Waals surface area contributed by atoms with Crippen molar-refractivity contribution in [3.8, 4) is 11.5 Å². The van der Waals surface area contributed by atoms with Gasteiger partial charge >= 0.3 is 0 Å². The van der Waals surface area contributed by atoms with E-state index >= 15 is 0 Å². The van der Waals surface area contributed by atoms with Crippen molar-refractivity contribution in [2.45, 2.75) is 20.1 Å². The molecule has 0 aliphatic rings. The molecule has 0 atom stereocenters. The monoisotopic (exact) mass is 450 g/mol. The van der Waals surface area contributed by atoms with Crippen LogP contribution in [0.25, 0.3) is 0 Å². The molecule has 0 aromatic heterocycles. The average molecular weight is 451 g/mol. The summed E-state index contributed by atoms with van der Waals surface area (Å²) in [6.07, 6.45) is 1.60. The van der Waals surface area contributed by atoms with Gasteiger partial charge in [0.1, 0.15) is 24.7 Å². The lowest BCUT2D eigenvalue weighted by atomic mass is 10.2. The number of nitrogens with zero attached hydrogens (tertiary/aromatic N) is 1. The molecule has 170 valence electrons. The van der Waals surface area contributed by atoms with Crippen molar-refractivity contribution in [1.82, 2.24) is 5.43 Å². The molecule has 5 heteroatoms. The van der Waals surface area contributed by atoms with Crippen LogP contribution in [-0.4, -0.2) is 12.1 Å². The number of hydrogen-bond donors (Lipinski definition) is 1. The standard InChI is InChI=1S/C29H26N2O3/c1-22-7-9-25(10-8-22)21-34-27-15-11-23(12-16-27)19-30-31-29(32)26-13-17-28(18-14-26)33-20-24-5-3-2-4-6-24/h2-19H,20-21H2,1H3,(H,31,32)/b30-19-. The van der Waals surface area contributed by atoms with Crippen LogP contribution in [-0.2, 0) is 13.2 Å². The summed E-state index contributed by atoms with van der Waals surface area (Å²) in [4.78, 5) is 12.3. The first-order valence-corrected chi connectivity index (χ1v) is 11.0. The molecule has 0 unspecified atom stereocenters. The van der Waals surface area contributed by atoms with Crippen LogP contribution in [0.2, 0.25) is 0 Å². The molecule has 0 aliphatic heterocycles. The highest BCUT2D eigenvalue weighted by Gasteiger charge is 2.05. The number of hydrogen-bond acceptors (Lipinski definition) is 4. The van der Waals surface area contributed by atoms with E-state index in [1.807, 2.05) is 54.6 Å². The maximum atomic E-state index is 12.3. The predicted octanol–water partition coefficient (Wildman–Crippen LogP) is 5.92. The highest BCUT2D eigenvalue weighted by molar-refractivity contribution is 5.95. The molecule has 34 heavy (non-hydrogen) atoms. The summed E-state index contributed by atoms with van der Waals surface area (Å²) in [5, 5.41) is 4.05. The van der Waals surface area contributed by atoms with Gasteiger partial charge in [-0.15, -0.1) is 0 Å². The predicted molar refractivity (Wildman–Crippen MR) is 134 cm³/mol. The second kappa shape index (κ2) is 11.5. The molecule has 0 bridgehead atoms. The molecule has 1 amide bonds. The molecule has 4 rings (SSSR count). The smallest absolute Gasteiger partial charge is 0.271 e. The number of nitrogens with one attached hydrogen (secondary N) is 1. The highest BCUT2D eigenvalue weighted by atomic mass is 16.5. The zero-order valence-corrected chi connectivity index (χ0v) is 19.0. The minimum absolute atomic E-state index is 0.288. The molecular formula is C29H26N2O3. The first-order valence-electron chi connectivity index (χ1n) is 11.0. The maximum absolute atomic E-state index is 12.3. The fourth-order valence-corrected chi connectivity index (χ4v) is 3.17. The van der Waals surface area contributed by atoms with Crippen LogP contribution in [0.15, 0.2) is 108 Å². The normalized spacial score (nSPS) is 10.7. The van der Waals surface area contributed by atoms with Gasteiger partial charge in [-0.2, -0.15) is 5.10 Å². The Balaban J connectivity index is 1.23. The summed E-state index contributed by atoms with van der Waals surface area (Å²) < 4.78 is 11.6. The van der Waals surface area contributed by atoms with E-state index in [9.17, 15) is 4.79 Å². The van der Waals surface area contributed by atoms with Crippen molar-refractivity contribution in [3.63, 3.8) is 0 Å². The molecule has 0 heterocycles. The number of amides is 1. The van der Waals surface area contributed by atoms with Crippen molar-refractivity contribution in [2.75, 3.05) is 0 Å². The number of aryl methyl sites for hydroxylation is 1. The molecule has 0 saturated carbocycles. The van der Waals surface area contributed by atoms with E-state index < -0.39 is 0 Å². The first-order chi connectivity index (χ1) is 16.7. The third-order valence-corrected chi connectivity index (χ3v) is 5.15. The van der Waals surface area contributed by atoms with Crippen LogP contribution in [0, 0.1) is 6.92 Å². The minimum Gasteiger partial charge on any atom is -0.489 e. The molecule has 4 aromatic rings. The van der Waals surface area contributed by atoms with Gasteiger partial charge in [0.15, 0.2) is 0 Å². The number of rotatable bonds is 9. The van der Waals surface area contributed by atoms with E-state index in [4.69, 9.17) is 9.47 Å². The molecule has 1 N–H and O–H groups in total. The minimum atomic E-state index is -0.288. The molecule has 0 saturated heterocycles. The van der Waals surface area contributed by atoms with Crippen LogP contribution in [0.4, 0.5) is 0 Å². The lowest BCUT2D eigenvalue weighted by Gasteiger charge is -2.07. The van der Waals surface area contributed by atoms with Gasteiger partial charge < -0.3 is 9.47 Å². The van der Waals surface area contributed by atoms with Crippen LogP contribution in [0.1, 0.15) is 32.6 Å². The van der Waals surface area contributed by atoms with E-state index in [1.54, 1.807) is 30.5 Å². The van der Waals surface area contributed by atoms with Gasteiger partial charge in [0.05, 0.1) is 6.21 Å². The Hall–Kier alpha value is -4.38. The van der Waals surface area contributed by atoms with Crippen molar-refractivity contribution >= 4 is 12.1 Å². The number of benzene rings is 4. The fourth-order valence-electron chi connectivity index (χ4n) is 3.17. The fraction of sp³-hybridized carbons (Fsp3) is 0.103. The lowest BCUT2D eigenvalue weighted by molar-refractivity contribution is 0.0955. The Kier molecular flexibility index (Phi) is 7.70. The zero-order valence-electron chi connectivity index (χ0n) is 19.0. The van der Waals surface area contributed by atoms with E-state index in [0.29, 0.717) is 24.5 Å². The van der Waals surface area contributed by atoms with Gasteiger partial charge in [-0.3, -0.25) is 4.79 Å². The average Bonchev–Trinajstić information content (AvgIpc) is 2.89. The van der Waals surface area contributed by atoms with Gasteiger partial charge in [-0.25, -0.2) is 5.43 Å². The van der Waals surface area contributed by atoms with Crippen molar-refractivity contribution < 1.29 is 14.3 Å². The largest absolute Gasteiger partial charge is 0.489 e. The lowest BCUT2D eigenvalue weighted by Crippen LogP contribution is -2.17. The van der Waals surface area contributed by atoms with E-state index in [-0.39, 0.29) is 5.91 Å². The van der Waals surface area contributed by atoms with Crippen LogP contribution < -0.4 is 14.9 Å². The Morgan fingerprint density at radius 2 is 1.29 bits per heavy atom. The molecular weight excluding hydrogens is 424 g/mol. The molecule has 0 radical (unpaired) electrons. The Bertz CT molecular complexity index is 1220. The second-order valence-electron chi connectivity index (χ2n) is 7.84.